The molecule has 0 aliphatic rings. The van der Waals surface area contributed by atoms with E-state index in [1.165, 1.54) is 11.6 Å². The van der Waals surface area contributed by atoms with Gasteiger partial charge in [0.2, 0.25) is 0 Å². The van der Waals surface area contributed by atoms with E-state index >= 15 is 0 Å². The lowest BCUT2D eigenvalue weighted by atomic mass is 10.2. The molecule has 0 saturated heterocycles. The molecule has 0 spiro atoms. The third-order valence-corrected chi connectivity index (χ3v) is 4.14. The van der Waals surface area contributed by atoms with E-state index in [1.54, 1.807) is 36.4 Å². The maximum atomic E-state index is 11.7. The number of carbonyl (C=O) groups is 2. The average Bonchev–Trinajstić information content (AvgIpc) is 2.66. The van der Waals surface area contributed by atoms with Crippen molar-refractivity contribution in [2.45, 2.75) is 13.3 Å². The molecule has 7 heteroatoms. The highest BCUT2D eigenvalue weighted by Crippen LogP contribution is 2.23. The van der Waals surface area contributed by atoms with Gasteiger partial charge in [-0.3, -0.25) is 20.4 Å². The van der Waals surface area contributed by atoms with Crippen molar-refractivity contribution in [1.29, 1.82) is 0 Å². The zero-order valence-electron chi connectivity index (χ0n) is 14.1. The Kier molecular flexibility index (Phi) is 7.51. The molecule has 0 bridgehead atoms. The van der Waals surface area contributed by atoms with Crippen LogP contribution in [0.1, 0.15) is 18.1 Å². The predicted octanol–water partition coefficient (Wildman–Crippen LogP) is 3.80. The molecule has 0 aliphatic heterocycles. The van der Waals surface area contributed by atoms with Gasteiger partial charge in [-0.15, -0.1) is 0 Å². The lowest BCUT2D eigenvalue weighted by molar-refractivity contribution is -0.128. The Hall–Kier alpha value is -2.50. The molecule has 2 aromatic carbocycles. The SMILES string of the molecule is CCc1ccc(OCC(=O)NNC(=O)/C=C/c2ccc(Cl)c(Cl)c2)cc1. The van der Waals surface area contributed by atoms with Gasteiger partial charge >= 0.3 is 0 Å². The van der Waals surface area contributed by atoms with Crippen molar-refractivity contribution >= 4 is 41.1 Å². The summed E-state index contributed by atoms with van der Waals surface area (Å²) in [5.41, 5.74) is 6.43. The fraction of sp³-hybridized carbons (Fsp3) is 0.158. The van der Waals surface area contributed by atoms with Gasteiger partial charge in [-0.2, -0.15) is 0 Å². The summed E-state index contributed by atoms with van der Waals surface area (Å²) < 4.78 is 5.34. The molecule has 2 amide bonds. The second kappa shape index (κ2) is 9.85. The Morgan fingerprint density at radius 2 is 1.77 bits per heavy atom. The van der Waals surface area contributed by atoms with E-state index in [2.05, 4.69) is 17.8 Å². The second-order valence-corrected chi connectivity index (χ2v) is 6.14. The van der Waals surface area contributed by atoms with Crippen molar-refractivity contribution in [3.05, 3.63) is 69.7 Å². The summed E-state index contributed by atoms with van der Waals surface area (Å²) in [5.74, 6) is -0.374. The van der Waals surface area contributed by atoms with Gasteiger partial charge in [-0.05, 0) is 47.9 Å². The Bertz CT molecular complexity index is 805. The third-order valence-electron chi connectivity index (χ3n) is 3.40. The number of amides is 2. The van der Waals surface area contributed by atoms with Gasteiger partial charge in [0.15, 0.2) is 6.61 Å². The second-order valence-electron chi connectivity index (χ2n) is 5.33. The minimum Gasteiger partial charge on any atom is -0.484 e. The summed E-state index contributed by atoms with van der Waals surface area (Å²) in [6.45, 7) is 1.85. The Balaban J connectivity index is 1.74. The molecular formula is C19H18Cl2N2O3. The van der Waals surface area contributed by atoms with E-state index in [-0.39, 0.29) is 6.61 Å². The fourth-order valence-electron chi connectivity index (χ4n) is 1.97. The summed E-state index contributed by atoms with van der Waals surface area (Å²) in [4.78, 5) is 23.4. The first-order chi connectivity index (χ1) is 12.5. The first-order valence-electron chi connectivity index (χ1n) is 7.91. The van der Waals surface area contributed by atoms with Gasteiger partial charge in [0, 0.05) is 6.08 Å². The van der Waals surface area contributed by atoms with Crippen LogP contribution >= 0.6 is 23.2 Å². The van der Waals surface area contributed by atoms with Crippen LogP contribution in [-0.2, 0) is 16.0 Å². The molecule has 0 atom stereocenters. The monoisotopic (exact) mass is 392 g/mol. The first kappa shape index (κ1) is 19.8. The molecule has 2 aromatic rings. The zero-order chi connectivity index (χ0) is 18.9. The molecule has 0 unspecified atom stereocenters. The molecule has 2 N–H and O–H groups in total. The third kappa shape index (κ3) is 6.43. The largest absolute Gasteiger partial charge is 0.484 e. The lowest BCUT2D eigenvalue weighted by Gasteiger charge is -2.08. The van der Waals surface area contributed by atoms with Crippen LogP contribution in [0.4, 0.5) is 0 Å². The van der Waals surface area contributed by atoms with E-state index in [9.17, 15) is 9.59 Å². The number of carbonyl (C=O) groups excluding carboxylic acids is 2. The van der Waals surface area contributed by atoms with Crippen molar-refractivity contribution in [2.24, 2.45) is 0 Å². The van der Waals surface area contributed by atoms with E-state index in [0.29, 0.717) is 21.4 Å². The average molecular weight is 393 g/mol. The highest BCUT2D eigenvalue weighted by Gasteiger charge is 2.04. The number of aryl methyl sites for hydroxylation is 1. The van der Waals surface area contributed by atoms with Crippen LogP contribution in [0.2, 0.25) is 10.0 Å². The lowest BCUT2D eigenvalue weighted by Crippen LogP contribution is -2.43. The molecule has 26 heavy (non-hydrogen) atoms. The summed E-state index contributed by atoms with van der Waals surface area (Å²) in [6.07, 6.45) is 3.75. The van der Waals surface area contributed by atoms with Crippen LogP contribution in [0.25, 0.3) is 6.08 Å². The zero-order valence-corrected chi connectivity index (χ0v) is 15.6. The van der Waals surface area contributed by atoms with Crippen LogP contribution in [0.5, 0.6) is 5.75 Å². The number of hydrogen-bond donors (Lipinski definition) is 2. The van der Waals surface area contributed by atoms with Gasteiger partial charge in [0.25, 0.3) is 11.8 Å². The predicted molar refractivity (Wildman–Crippen MR) is 103 cm³/mol. The van der Waals surface area contributed by atoms with Crippen LogP contribution in [0, 0.1) is 0 Å². The van der Waals surface area contributed by atoms with E-state index in [1.807, 2.05) is 12.1 Å². The number of halogens is 2. The van der Waals surface area contributed by atoms with Crippen molar-refractivity contribution in [3.8, 4) is 5.75 Å². The molecule has 0 fully saturated rings. The number of rotatable bonds is 6. The number of hydrogen-bond acceptors (Lipinski definition) is 3. The summed E-state index contributed by atoms with van der Waals surface area (Å²) in [7, 11) is 0. The molecule has 0 aliphatic carbocycles. The molecular weight excluding hydrogens is 375 g/mol. The maximum absolute atomic E-state index is 11.7. The number of ether oxygens (including phenoxy) is 1. The molecule has 0 heterocycles. The minimum atomic E-state index is -0.489. The van der Waals surface area contributed by atoms with Crippen molar-refractivity contribution in [1.82, 2.24) is 10.9 Å². The highest BCUT2D eigenvalue weighted by molar-refractivity contribution is 6.42. The van der Waals surface area contributed by atoms with Gasteiger partial charge in [0.1, 0.15) is 5.75 Å². The van der Waals surface area contributed by atoms with Gasteiger partial charge in [-0.1, -0.05) is 48.3 Å². The van der Waals surface area contributed by atoms with Crippen LogP contribution < -0.4 is 15.6 Å². The van der Waals surface area contributed by atoms with E-state index < -0.39 is 11.8 Å². The number of hydrazine groups is 1. The summed E-state index contributed by atoms with van der Waals surface area (Å²) in [5, 5.41) is 0.830. The van der Waals surface area contributed by atoms with Crippen molar-refractivity contribution < 1.29 is 14.3 Å². The van der Waals surface area contributed by atoms with Crippen molar-refractivity contribution in [2.75, 3.05) is 6.61 Å². The van der Waals surface area contributed by atoms with Crippen LogP contribution in [-0.4, -0.2) is 18.4 Å². The summed E-state index contributed by atoms with van der Waals surface area (Å²) >= 11 is 11.7. The number of benzene rings is 2. The topological polar surface area (TPSA) is 67.4 Å². The van der Waals surface area contributed by atoms with Crippen LogP contribution in [0.3, 0.4) is 0 Å². The number of nitrogens with one attached hydrogen (secondary N) is 2. The maximum Gasteiger partial charge on any atom is 0.276 e. The molecule has 5 nitrogen and oxygen atoms in total. The molecule has 136 valence electrons. The molecule has 2 rings (SSSR count). The van der Waals surface area contributed by atoms with E-state index in [4.69, 9.17) is 27.9 Å². The standard InChI is InChI=1S/C19H18Cl2N2O3/c1-2-13-3-7-15(8-4-13)26-12-19(25)23-22-18(24)10-6-14-5-9-16(20)17(21)11-14/h3-11H,2,12H2,1H3,(H,22,24)(H,23,25)/b10-6+. The molecule has 0 aromatic heterocycles. The first-order valence-corrected chi connectivity index (χ1v) is 8.67. The van der Waals surface area contributed by atoms with Crippen LogP contribution in [0.15, 0.2) is 48.5 Å². The normalized spacial score (nSPS) is 10.6. The van der Waals surface area contributed by atoms with Gasteiger partial charge in [0.05, 0.1) is 10.0 Å². The quantitative estimate of drug-likeness (QED) is 0.580. The highest BCUT2D eigenvalue weighted by atomic mass is 35.5. The Morgan fingerprint density at radius 3 is 2.42 bits per heavy atom. The van der Waals surface area contributed by atoms with Gasteiger partial charge < -0.3 is 4.74 Å². The van der Waals surface area contributed by atoms with Gasteiger partial charge in [-0.25, -0.2) is 0 Å². The Morgan fingerprint density at radius 1 is 1.04 bits per heavy atom. The van der Waals surface area contributed by atoms with E-state index in [0.717, 1.165) is 6.42 Å². The molecule has 0 radical (unpaired) electrons. The summed E-state index contributed by atoms with van der Waals surface area (Å²) in [6, 6.07) is 12.4. The molecule has 0 saturated carbocycles. The smallest absolute Gasteiger partial charge is 0.276 e. The van der Waals surface area contributed by atoms with Crippen molar-refractivity contribution in [3.63, 3.8) is 0 Å². The fourth-order valence-corrected chi connectivity index (χ4v) is 2.27. The Labute approximate surface area is 161 Å². The minimum absolute atomic E-state index is 0.206.